The molecule has 6 nitrogen and oxygen atoms in total. The predicted octanol–water partition coefficient (Wildman–Crippen LogP) is 0.253. The Labute approximate surface area is 108 Å². The van der Waals surface area contributed by atoms with Gasteiger partial charge in [0.25, 0.3) is 0 Å². The third kappa shape index (κ3) is 4.55. The Balaban J connectivity index is 2.48. The first-order valence-corrected chi connectivity index (χ1v) is 7.84. The van der Waals surface area contributed by atoms with E-state index in [2.05, 4.69) is 9.62 Å². The average molecular weight is 278 g/mol. The normalized spacial score (nSPS) is 21.4. The van der Waals surface area contributed by atoms with E-state index in [9.17, 15) is 13.2 Å². The van der Waals surface area contributed by atoms with Crippen LogP contribution >= 0.6 is 0 Å². The highest BCUT2D eigenvalue weighted by atomic mass is 32.2. The Morgan fingerprint density at radius 1 is 1.28 bits per heavy atom. The third-order valence-electron chi connectivity index (χ3n) is 3.16. The third-order valence-corrected chi connectivity index (χ3v) is 5.02. The molecule has 0 aliphatic carbocycles. The molecule has 0 spiro atoms. The van der Waals surface area contributed by atoms with Crippen LogP contribution in [0.3, 0.4) is 0 Å². The number of carbonyl (C=O) groups is 1. The fraction of sp³-hybridized carbons (Fsp3) is 0.909. The Kier molecular flexibility index (Phi) is 5.55. The lowest BCUT2D eigenvalue weighted by Gasteiger charge is -2.29. The maximum atomic E-state index is 11.7. The van der Waals surface area contributed by atoms with E-state index in [1.807, 2.05) is 0 Å². The van der Waals surface area contributed by atoms with Crippen molar-refractivity contribution in [3.05, 3.63) is 0 Å². The second-order valence-electron chi connectivity index (χ2n) is 4.91. The standard InChI is InChI=1S/C11H22N2O4S/c1-9(8-13-6-4-3-5-7-13)12-18(16,17)10(2)11(14)15/h9-10,12H,3-8H2,1-2H3,(H,14,15). The summed E-state index contributed by atoms with van der Waals surface area (Å²) in [5.74, 6) is -1.33. The molecule has 0 radical (unpaired) electrons. The molecule has 2 N–H and O–H groups in total. The van der Waals surface area contributed by atoms with E-state index in [-0.39, 0.29) is 6.04 Å². The summed E-state index contributed by atoms with van der Waals surface area (Å²) in [6.07, 6.45) is 3.52. The topological polar surface area (TPSA) is 86.7 Å². The van der Waals surface area contributed by atoms with E-state index in [4.69, 9.17) is 5.11 Å². The van der Waals surface area contributed by atoms with Crippen LogP contribution in [-0.2, 0) is 14.8 Å². The first kappa shape index (κ1) is 15.4. The maximum Gasteiger partial charge on any atom is 0.323 e. The van der Waals surface area contributed by atoms with Crippen LogP contribution in [0.5, 0.6) is 0 Å². The van der Waals surface area contributed by atoms with Gasteiger partial charge in [-0.1, -0.05) is 6.42 Å². The van der Waals surface area contributed by atoms with Gasteiger partial charge in [-0.05, 0) is 39.8 Å². The average Bonchev–Trinajstić information content (AvgIpc) is 2.28. The first-order valence-electron chi connectivity index (χ1n) is 6.29. The Morgan fingerprint density at radius 3 is 2.33 bits per heavy atom. The van der Waals surface area contributed by atoms with Crippen molar-refractivity contribution < 1.29 is 18.3 Å². The fourth-order valence-corrected chi connectivity index (χ4v) is 3.19. The van der Waals surface area contributed by atoms with Crippen molar-refractivity contribution in [2.24, 2.45) is 0 Å². The van der Waals surface area contributed by atoms with E-state index in [0.717, 1.165) is 25.9 Å². The van der Waals surface area contributed by atoms with Gasteiger partial charge in [-0.15, -0.1) is 0 Å². The molecule has 2 atom stereocenters. The lowest BCUT2D eigenvalue weighted by Crippen LogP contribution is -2.47. The number of sulfonamides is 1. The number of nitrogens with zero attached hydrogens (tertiary/aromatic N) is 1. The van der Waals surface area contributed by atoms with Gasteiger partial charge in [-0.3, -0.25) is 4.79 Å². The van der Waals surface area contributed by atoms with Gasteiger partial charge >= 0.3 is 5.97 Å². The van der Waals surface area contributed by atoms with Crippen LogP contribution < -0.4 is 4.72 Å². The van der Waals surface area contributed by atoms with Gasteiger partial charge in [0, 0.05) is 12.6 Å². The Morgan fingerprint density at radius 2 is 1.83 bits per heavy atom. The molecule has 1 heterocycles. The van der Waals surface area contributed by atoms with Gasteiger partial charge < -0.3 is 10.0 Å². The first-order chi connectivity index (χ1) is 8.33. The number of nitrogens with one attached hydrogen (secondary N) is 1. The monoisotopic (exact) mass is 278 g/mol. The summed E-state index contributed by atoms with van der Waals surface area (Å²) < 4.78 is 25.9. The Hall–Kier alpha value is -0.660. The molecule has 106 valence electrons. The minimum Gasteiger partial charge on any atom is -0.480 e. The number of hydrogen-bond acceptors (Lipinski definition) is 4. The smallest absolute Gasteiger partial charge is 0.323 e. The number of aliphatic carboxylic acids is 1. The van der Waals surface area contributed by atoms with Crippen molar-refractivity contribution in [3.8, 4) is 0 Å². The molecule has 1 rings (SSSR count). The lowest BCUT2D eigenvalue weighted by molar-refractivity contribution is -0.136. The van der Waals surface area contributed by atoms with Crippen LogP contribution in [0, 0.1) is 0 Å². The molecule has 0 saturated carbocycles. The molecule has 0 aromatic carbocycles. The highest BCUT2D eigenvalue weighted by Crippen LogP contribution is 2.09. The summed E-state index contributed by atoms with van der Waals surface area (Å²) in [5.41, 5.74) is 0. The molecule has 1 aliphatic heterocycles. The lowest BCUT2D eigenvalue weighted by atomic mass is 10.1. The number of piperidine rings is 1. The zero-order chi connectivity index (χ0) is 13.8. The number of likely N-dealkylation sites (tertiary alicyclic amines) is 1. The van der Waals surface area contributed by atoms with E-state index in [1.165, 1.54) is 13.3 Å². The summed E-state index contributed by atoms with van der Waals surface area (Å²) in [7, 11) is -3.79. The van der Waals surface area contributed by atoms with Crippen molar-refractivity contribution in [2.75, 3.05) is 19.6 Å². The molecule has 0 aromatic heterocycles. The fourth-order valence-electron chi connectivity index (χ4n) is 2.08. The number of rotatable bonds is 6. The molecular formula is C11H22N2O4S. The van der Waals surface area contributed by atoms with Gasteiger partial charge in [0.15, 0.2) is 5.25 Å². The van der Waals surface area contributed by atoms with Crippen molar-refractivity contribution in [3.63, 3.8) is 0 Å². The van der Waals surface area contributed by atoms with Gasteiger partial charge in [0.1, 0.15) is 0 Å². The highest BCUT2D eigenvalue weighted by Gasteiger charge is 2.29. The largest absolute Gasteiger partial charge is 0.480 e. The molecule has 1 fully saturated rings. The van der Waals surface area contributed by atoms with E-state index >= 15 is 0 Å². The Bertz CT molecular complexity index is 377. The molecule has 18 heavy (non-hydrogen) atoms. The minimum atomic E-state index is -3.79. The number of hydrogen-bond donors (Lipinski definition) is 2. The van der Waals surface area contributed by atoms with Crippen molar-refractivity contribution in [1.82, 2.24) is 9.62 Å². The van der Waals surface area contributed by atoms with Crippen LogP contribution in [0.1, 0.15) is 33.1 Å². The molecule has 0 amide bonds. The maximum absolute atomic E-state index is 11.7. The molecule has 1 aliphatic rings. The van der Waals surface area contributed by atoms with Gasteiger partial charge in [0.05, 0.1) is 0 Å². The molecule has 0 aromatic rings. The molecule has 2 unspecified atom stereocenters. The quantitative estimate of drug-likeness (QED) is 0.727. The number of carboxylic acids is 1. The van der Waals surface area contributed by atoms with Crippen LogP contribution in [0.25, 0.3) is 0 Å². The van der Waals surface area contributed by atoms with Gasteiger partial charge in [-0.2, -0.15) is 0 Å². The summed E-state index contributed by atoms with van der Waals surface area (Å²) in [6.45, 7) is 5.55. The molecule has 0 bridgehead atoms. The second kappa shape index (κ2) is 6.49. The minimum absolute atomic E-state index is 0.269. The van der Waals surface area contributed by atoms with E-state index in [0.29, 0.717) is 6.54 Å². The predicted molar refractivity (Wildman–Crippen MR) is 68.9 cm³/mol. The second-order valence-corrected chi connectivity index (χ2v) is 6.94. The van der Waals surface area contributed by atoms with Crippen LogP contribution in [0.2, 0.25) is 0 Å². The van der Waals surface area contributed by atoms with E-state index < -0.39 is 21.2 Å². The zero-order valence-electron chi connectivity index (χ0n) is 10.9. The SMILES string of the molecule is CC(CN1CCCCC1)NS(=O)(=O)C(C)C(=O)O. The molecular weight excluding hydrogens is 256 g/mol. The zero-order valence-corrected chi connectivity index (χ0v) is 11.7. The van der Waals surface area contributed by atoms with Crippen molar-refractivity contribution in [1.29, 1.82) is 0 Å². The summed E-state index contributed by atoms with van der Waals surface area (Å²) in [4.78, 5) is 12.9. The highest BCUT2D eigenvalue weighted by molar-refractivity contribution is 7.90. The van der Waals surface area contributed by atoms with Gasteiger partial charge in [-0.25, -0.2) is 13.1 Å². The summed E-state index contributed by atoms with van der Waals surface area (Å²) in [6, 6.07) is -0.269. The summed E-state index contributed by atoms with van der Waals surface area (Å²) >= 11 is 0. The van der Waals surface area contributed by atoms with Crippen molar-refractivity contribution in [2.45, 2.75) is 44.4 Å². The molecule has 1 saturated heterocycles. The van der Waals surface area contributed by atoms with Crippen LogP contribution in [0.15, 0.2) is 0 Å². The van der Waals surface area contributed by atoms with Crippen LogP contribution in [-0.4, -0.2) is 55.3 Å². The molecule has 7 heteroatoms. The van der Waals surface area contributed by atoms with Gasteiger partial charge in [0.2, 0.25) is 10.0 Å². The summed E-state index contributed by atoms with van der Waals surface area (Å²) in [5, 5.41) is 7.31. The van der Waals surface area contributed by atoms with Crippen molar-refractivity contribution >= 4 is 16.0 Å². The number of carboxylic acid groups (broad SMARTS) is 1. The van der Waals surface area contributed by atoms with E-state index in [1.54, 1.807) is 6.92 Å². The van der Waals surface area contributed by atoms with Crippen LogP contribution in [0.4, 0.5) is 0 Å².